The van der Waals surface area contributed by atoms with Gasteiger partial charge in [-0.3, -0.25) is 4.79 Å². The van der Waals surface area contributed by atoms with Crippen LogP contribution in [-0.4, -0.2) is 29.3 Å². The lowest BCUT2D eigenvalue weighted by molar-refractivity contribution is -0.117. The van der Waals surface area contributed by atoms with Crippen molar-refractivity contribution in [3.63, 3.8) is 0 Å². The quantitative estimate of drug-likeness (QED) is 0.414. The van der Waals surface area contributed by atoms with Crippen LogP contribution >= 0.6 is 34.7 Å². The molecule has 8 heteroatoms. The molecule has 146 valence electrons. The van der Waals surface area contributed by atoms with Gasteiger partial charge in [-0.1, -0.05) is 22.9 Å². The first-order valence-electron chi connectivity index (χ1n) is 8.69. The van der Waals surface area contributed by atoms with E-state index in [0.717, 1.165) is 15.1 Å². The van der Waals surface area contributed by atoms with E-state index >= 15 is 0 Å². The minimum absolute atomic E-state index is 0.164. The number of thioether (sulfide) groups is 1. The van der Waals surface area contributed by atoms with E-state index in [0.29, 0.717) is 34.1 Å². The lowest BCUT2D eigenvalue weighted by Crippen LogP contribution is -2.16. The fraction of sp³-hybridized carbons (Fsp3) is 0.250. The van der Waals surface area contributed by atoms with E-state index in [-0.39, 0.29) is 11.9 Å². The molecule has 0 spiro atoms. The summed E-state index contributed by atoms with van der Waals surface area (Å²) in [5.41, 5.74) is 1.43. The average molecular weight is 435 g/mol. The highest BCUT2D eigenvalue weighted by molar-refractivity contribution is 7.99. The van der Waals surface area contributed by atoms with Gasteiger partial charge in [0.1, 0.15) is 0 Å². The summed E-state index contributed by atoms with van der Waals surface area (Å²) in [6, 6.07) is 12.9. The van der Waals surface area contributed by atoms with Crippen LogP contribution in [-0.2, 0) is 16.1 Å². The van der Waals surface area contributed by atoms with Crippen LogP contribution in [0, 0.1) is 0 Å². The summed E-state index contributed by atoms with van der Waals surface area (Å²) in [6.07, 6.45) is 0.346. The van der Waals surface area contributed by atoms with Crippen LogP contribution in [0.1, 0.15) is 23.7 Å². The minimum Gasteiger partial charge on any atom is -0.465 e. The van der Waals surface area contributed by atoms with Crippen molar-refractivity contribution in [1.29, 1.82) is 0 Å². The molecule has 0 N–H and O–H groups in total. The number of halogens is 1. The van der Waals surface area contributed by atoms with E-state index in [1.54, 1.807) is 23.9 Å². The van der Waals surface area contributed by atoms with Gasteiger partial charge in [0.25, 0.3) is 0 Å². The molecule has 2 aromatic carbocycles. The summed E-state index contributed by atoms with van der Waals surface area (Å²) < 4.78 is 7.64. The smallest absolute Gasteiger partial charge is 0.337 e. The zero-order valence-corrected chi connectivity index (χ0v) is 17.9. The third-order valence-corrected chi connectivity index (χ3v) is 6.35. The van der Waals surface area contributed by atoms with Crippen molar-refractivity contribution in [3.05, 3.63) is 57.9 Å². The van der Waals surface area contributed by atoms with Gasteiger partial charge < -0.3 is 9.30 Å². The zero-order chi connectivity index (χ0) is 20.1. The number of methoxy groups -OCH3 is 1. The number of esters is 1. The van der Waals surface area contributed by atoms with E-state index < -0.39 is 0 Å². The maximum absolute atomic E-state index is 12.3. The van der Waals surface area contributed by atoms with E-state index in [1.165, 1.54) is 18.4 Å². The van der Waals surface area contributed by atoms with Crippen molar-refractivity contribution in [2.75, 3.05) is 12.9 Å². The van der Waals surface area contributed by atoms with Crippen molar-refractivity contribution in [2.24, 2.45) is 4.99 Å². The fourth-order valence-electron chi connectivity index (χ4n) is 2.66. The third kappa shape index (κ3) is 4.84. The van der Waals surface area contributed by atoms with E-state index in [2.05, 4.69) is 4.99 Å². The standard InChI is InChI=1S/C20H19ClN2O3S2/c1-3-23-16-9-4-13(19(25)26-2)12-17(16)28-20(23)22-18(24)10-11-27-15-7-5-14(21)6-8-15/h4-9,12H,3,10-11H2,1-2H3. The van der Waals surface area contributed by atoms with Gasteiger partial charge in [0, 0.05) is 28.6 Å². The number of rotatable bonds is 6. The molecular formula is C20H19ClN2O3S2. The zero-order valence-electron chi connectivity index (χ0n) is 15.5. The van der Waals surface area contributed by atoms with Crippen molar-refractivity contribution < 1.29 is 14.3 Å². The van der Waals surface area contributed by atoms with E-state index in [1.807, 2.05) is 41.8 Å². The number of carbonyl (C=O) groups is 2. The molecule has 0 atom stereocenters. The van der Waals surface area contributed by atoms with Gasteiger partial charge in [-0.05, 0) is 49.4 Å². The Balaban J connectivity index is 1.76. The molecule has 3 rings (SSSR count). The maximum atomic E-state index is 12.3. The number of hydrogen-bond donors (Lipinski definition) is 0. The Hall–Kier alpha value is -2.09. The second-order valence-corrected chi connectivity index (χ2v) is 8.47. The molecule has 5 nitrogen and oxygen atoms in total. The Morgan fingerprint density at radius 2 is 1.96 bits per heavy atom. The van der Waals surface area contributed by atoms with Crippen LogP contribution in [0.3, 0.4) is 0 Å². The molecule has 0 fully saturated rings. The van der Waals surface area contributed by atoms with Crippen LogP contribution in [0.2, 0.25) is 5.02 Å². The molecule has 0 aliphatic rings. The number of hydrogen-bond acceptors (Lipinski definition) is 5. The second kappa shape index (κ2) is 9.41. The highest BCUT2D eigenvalue weighted by atomic mass is 35.5. The summed E-state index contributed by atoms with van der Waals surface area (Å²) in [5, 5.41) is 0.694. The molecule has 0 bridgehead atoms. The van der Waals surface area contributed by atoms with Gasteiger partial charge in [-0.15, -0.1) is 11.8 Å². The summed E-state index contributed by atoms with van der Waals surface area (Å²) >= 11 is 8.87. The van der Waals surface area contributed by atoms with Gasteiger partial charge in [-0.25, -0.2) is 4.79 Å². The monoisotopic (exact) mass is 434 g/mol. The molecule has 1 heterocycles. The summed E-state index contributed by atoms with van der Waals surface area (Å²) in [4.78, 5) is 30.1. The number of carbonyl (C=O) groups excluding carboxylic acids is 2. The molecule has 3 aromatic rings. The molecule has 0 radical (unpaired) electrons. The molecule has 0 saturated carbocycles. The number of benzene rings is 2. The maximum Gasteiger partial charge on any atom is 0.337 e. The van der Waals surface area contributed by atoms with Crippen LogP contribution in [0.4, 0.5) is 0 Å². The van der Waals surface area contributed by atoms with E-state index in [4.69, 9.17) is 16.3 Å². The third-order valence-electron chi connectivity index (χ3n) is 4.04. The predicted octanol–water partition coefficient (Wildman–Crippen LogP) is 4.77. The van der Waals surface area contributed by atoms with Gasteiger partial charge in [-0.2, -0.15) is 4.99 Å². The van der Waals surface area contributed by atoms with E-state index in [9.17, 15) is 9.59 Å². The molecule has 0 aliphatic heterocycles. The van der Waals surface area contributed by atoms with Crippen LogP contribution in [0.5, 0.6) is 0 Å². The lowest BCUT2D eigenvalue weighted by atomic mass is 10.2. The van der Waals surface area contributed by atoms with Gasteiger partial charge in [0.05, 0.1) is 22.9 Å². The molecular weight excluding hydrogens is 416 g/mol. The number of thiazole rings is 1. The van der Waals surface area contributed by atoms with Gasteiger partial charge >= 0.3 is 5.97 Å². The number of aryl methyl sites for hydroxylation is 1. The number of amides is 1. The molecule has 0 aliphatic carbocycles. The largest absolute Gasteiger partial charge is 0.465 e. The first kappa shape index (κ1) is 20.6. The van der Waals surface area contributed by atoms with Crippen molar-refractivity contribution in [1.82, 2.24) is 4.57 Å². The van der Waals surface area contributed by atoms with Crippen molar-refractivity contribution in [3.8, 4) is 0 Å². The van der Waals surface area contributed by atoms with Crippen molar-refractivity contribution in [2.45, 2.75) is 24.8 Å². The summed E-state index contributed by atoms with van der Waals surface area (Å²) in [5.74, 6) is 0.101. The first-order valence-corrected chi connectivity index (χ1v) is 10.9. The highest BCUT2D eigenvalue weighted by Gasteiger charge is 2.11. The molecule has 1 aromatic heterocycles. The SMILES string of the molecule is CCn1c(=NC(=O)CCSc2ccc(Cl)cc2)sc2cc(C(=O)OC)ccc21. The minimum atomic E-state index is -0.382. The topological polar surface area (TPSA) is 60.7 Å². The summed E-state index contributed by atoms with van der Waals surface area (Å²) in [6.45, 7) is 2.68. The molecule has 28 heavy (non-hydrogen) atoms. The van der Waals surface area contributed by atoms with Crippen LogP contribution < -0.4 is 4.80 Å². The Morgan fingerprint density at radius 1 is 1.21 bits per heavy atom. The number of aromatic nitrogens is 1. The number of fused-ring (bicyclic) bond motifs is 1. The highest BCUT2D eigenvalue weighted by Crippen LogP contribution is 2.22. The van der Waals surface area contributed by atoms with Crippen molar-refractivity contribution >= 4 is 56.8 Å². The van der Waals surface area contributed by atoms with Gasteiger partial charge in [0.2, 0.25) is 5.91 Å². The normalized spacial score (nSPS) is 11.8. The first-order chi connectivity index (χ1) is 13.5. The lowest BCUT2D eigenvalue weighted by Gasteiger charge is -2.02. The molecule has 0 unspecified atom stereocenters. The number of nitrogens with zero attached hydrogens (tertiary/aromatic N) is 2. The Bertz CT molecular complexity index is 1070. The Kier molecular flexibility index (Phi) is 6.93. The second-order valence-electron chi connectivity index (χ2n) is 5.86. The van der Waals surface area contributed by atoms with Crippen LogP contribution in [0.25, 0.3) is 10.2 Å². The molecule has 1 amide bonds. The van der Waals surface area contributed by atoms with Crippen LogP contribution in [0.15, 0.2) is 52.4 Å². The Morgan fingerprint density at radius 3 is 2.64 bits per heavy atom. The fourth-order valence-corrected chi connectivity index (χ4v) is 4.78. The average Bonchev–Trinajstić information content (AvgIpc) is 3.04. The summed E-state index contributed by atoms with van der Waals surface area (Å²) in [7, 11) is 1.36. The molecule has 0 saturated heterocycles. The Labute approximate surface area is 176 Å². The predicted molar refractivity (Wildman–Crippen MR) is 114 cm³/mol. The number of ether oxygens (including phenoxy) is 1. The van der Waals surface area contributed by atoms with Gasteiger partial charge in [0.15, 0.2) is 4.80 Å².